The highest BCUT2D eigenvalue weighted by molar-refractivity contribution is 7.80. The van der Waals surface area contributed by atoms with Crippen molar-refractivity contribution in [2.45, 2.75) is 51.9 Å². The zero-order chi connectivity index (χ0) is 13.9. The Morgan fingerprint density at radius 2 is 1.58 bits per heavy atom. The molecule has 0 saturated heterocycles. The van der Waals surface area contributed by atoms with E-state index < -0.39 is 0 Å². The highest BCUT2D eigenvalue weighted by atomic mass is 32.1. The number of aryl methyl sites for hydroxylation is 1. The van der Waals surface area contributed by atoms with Crippen LogP contribution in [0.3, 0.4) is 0 Å². The van der Waals surface area contributed by atoms with Gasteiger partial charge in [0.2, 0.25) is 0 Å². The second-order valence-corrected chi connectivity index (χ2v) is 5.91. The van der Waals surface area contributed by atoms with Crippen molar-refractivity contribution in [3.05, 3.63) is 29.8 Å². The van der Waals surface area contributed by atoms with Gasteiger partial charge < -0.3 is 4.90 Å². The van der Waals surface area contributed by atoms with Crippen LogP contribution in [0.15, 0.2) is 24.3 Å². The fraction of sp³-hybridized carbons (Fsp3) is 0.647. The first kappa shape index (κ1) is 16.4. The van der Waals surface area contributed by atoms with Crippen LogP contribution in [0.2, 0.25) is 0 Å². The minimum absolute atomic E-state index is 1.04. The molecule has 0 atom stereocenters. The average Bonchev–Trinajstić information content (AvgIpc) is 2.41. The van der Waals surface area contributed by atoms with Crippen molar-refractivity contribution in [2.24, 2.45) is 0 Å². The summed E-state index contributed by atoms with van der Waals surface area (Å²) in [4.78, 5) is 2.37. The first-order valence-corrected chi connectivity index (χ1v) is 8.26. The van der Waals surface area contributed by atoms with Gasteiger partial charge in [0.05, 0.1) is 0 Å². The third-order valence-corrected chi connectivity index (χ3v) is 3.91. The topological polar surface area (TPSA) is 3.24 Å². The van der Waals surface area contributed by atoms with Gasteiger partial charge in [0.15, 0.2) is 0 Å². The molecule has 1 nitrogen and oxygen atoms in total. The molecule has 0 fully saturated rings. The Hall–Kier alpha value is -0.630. The fourth-order valence-corrected chi connectivity index (χ4v) is 2.56. The van der Waals surface area contributed by atoms with Gasteiger partial charge in [0, 0.05) is 19.3 Å². The van der Waals surface area contributed by atoms with Gasteiger partial charge in [-0.1, -0.05) is 44.2 Å². The molecule has 0 radical (unpaired) electrons. The van der Waals surface area contributed by atoms with Gasteiger partial charge in [0.1, 0.15) is 0 Å². The molecular formula is C17H29NS. The molecule has 0 unspecified atom stereocenters. The van der Waals surface area contributed by atoms with Gasteiger partial charge in [-0.15, -0.1) is 0 Å². The summed E-state index contributed by atoms with van der Waals surface area (Å²) >= 11 is 4.24. The predicted octanol–water partition coefficient (Wildman–Crippen LogP) is 5.09. The van der Waals surface area contributed by atoms with Gasteiger partial charge in [-0.05, 0) is 43.2 Å². The molecule has 0 spiro atoms. The lowest BCUT2D eigenvalue weighted by Gasteiger charge is -2.19. The molecule has 0 aliphatic rings. The van der Waals surface area contributed by atoms with E-state index in [1.54, 1.807) is 0 Å². The number of anilines is 1. The molecule has 1 rings (SSSR count). The SMILES string of the molecule is Cc1cccc(N(C)CCCCCCCCCS)c1. The summed E-state index contributed by atoms with van der Waals surface area (Å²) in [5.74, 6) is 1.04. The van der Waals surface area contributed by atoms with E-state index in [0.717, 1.165) is 5.75 Å². The summed E-state index contributed by atoms with van der Waals surface area (Å²) in [6.45, 7) is 3.32. The van der Waals surface area contributed by atoms with E-state index in [0.29, 0.717) is 0 Å². The molecule has 0 aliphatic carbocycles. The van der Waals surface area contributed by atoms with E-state index in [1.165, 1.54) is 62.7 Å². The van der Waals surface area contributed by atoms with E-state index in [2.05, 4.69) is 55.8 Å². The van der Waals surface area contributed by atoms with Crippen molar-refractivity contribution >= 4 is 18.3 Å². The average molecular weight is 279 g/mol. The summed E-state index contributed by atoms with van der Waals surface area (Å²) < 4.78 is 0. The molecule has 0 aliphatic heterocycles. The Balaban J connectivity index is 2.06. The maximum Gasteiger partial charge on any atom is 0.0366 e. The molecule has 0 aromatic heterocycles. The number of unbranched alkanes of at least 4 members (excludes halogenated alkanes) is 6. The number of hydrogen-bond acceptors (Lipinski definition) is 2. The van der Waals surface area contributed by atoms with E-state index in [9.17, 15) is 0 Å². The predicted molar refractivity (Wildman–Crippen MR) is 90.6 cm³/mol. The van der Waals surface area contributed by atoms with Gasteiger partial charge in [-0.25, -0.2) is 0 Å². The summed E-state index contributed by atoms with van der Waals surface area (Å²) in [6, 6.07) is 8.76. The zero-order valence-corrected chi connectivity index (χ0v) is 13.5. The Morgan fingerprint density at radius 3 is 2.21 bits per heavy atom. The first-order valence-electron chi connectivity index (χ1n) is 7.62. The maximum atomic E-state index is 4.24. The van der Waals surface area contributed by atoms with Gasteiger partial charge in [-0.3, -0.25) is 0 Å². The lowest BCUT2D eigenvalue weighted by atomic mass is 10.1. The van der Waals surface area contributed by atoms with E-state index in [4.69, 9.17) is 0 Å². The Labute approximate surface area is 124 Å². The van der Waals surface area contributed by atoms with Gasteiger partial charge >= 0.3 is 0 Å². The molecule has 1 aromatic carbocycles. The zero-order valence-electron chi connectivity index (χ0n) is 12.6. The third kappa shape index (κ3) is 7.51. The summed E-state index contributed by atoms with van der Waals surface area (Å²) in [5.41, 5.74) is 2.68. The summed E-state index contributed by atoms with van der Waals surface area (Å²) in [5, 5.41) is 0. The molecule has 0 N–H and O–H groups in total. The van der Waals surface area contributed by atoms with Crippen LogP contribution in [0.25, 0.3) is 0 Å². The van der Waals surface area contributed by atoms with Crippen molar-refractivity contribution in [1.82, 2.24) is 0 Å². The normalized spacial score (nSPS) is 10.7. The minimum Gasteiger partial charge on any atom is -0.375 e. The maximum absolute atomic E-state index is 4.24. The van der Waals surface area contributed by atoms with Crippen LogP contribution in [0.1, 0.15) is 50.5 Å². The Kier molecular flexibility index (Phi) is 8.81. The molecule has 108 valence electrons. The molecule has 1 aromatic rings. The van der Waals surface area contributed by atoms with Crippen LogP contribution in [0, 0.1) is 6.92 Å². The van der Waals surface area contributed by atoms with Crippen molar-refractivity contribution < 1.29 is 0 Å². The Morgan fingerprint density at radius 1 is 0.947 bits per heavy atom. The number of nitrogens with zero attached hydrogens (tertiary/aromatic N) is 1. The second kappa shape index (κ2) is 10.2. The quantitative estimate of drug-likeness (QED) is 0.461. The van der Waals surface area contributed by atoms with Crippen LogP contribution in [0.5, 0.6) is 0 Å². The van der Waals surface area contributed by atoms with Crippen LogP contribution >= 0.6 is 12.6 Å². The van der Waals surface area contributed by atoms with Crippen molar-refractivity contribution in [3.8, 4) is 0 Å². The molecule has 2 heteroatoms. The van der Waals surface area contributed by atoms with E-state index >= 15 is 0 Å². The molecule has 0 saturated carbocycles. The van der Waals surface area contributed by atoms with Crippen molar-refractivity contribution in [2.75, 3.05) is 24.2 Å². The highest BCUT2D eigenvalue weighted by Crippen LogP contribution is 2.15. The second-order valence-electron chi connectivity index (χ2n) is 5.46. The van der Waals surface area contributed by atoms with Crippen LogP contribution in [-0.4, -0.2) is 19.3 Å². The standard InChI is InChI=1S/C17H29NS/c1-16-11-10-12-17(15-16)18(2)13-8-6-4-3-5-7-9-14-19/h10-12,15,19H,3-9,13-14H2,1-2H3. The smallest absolute Gasteiger partial charge is 0.0366 e. The molecule has 0 bridgehead atoms. The largest absolute Gasteiger partial charge is 0.375 e. The number of benzene rings is 1. The summed E-state index contributed by atoms with van der Waals surface area (Å²) in [6.07, 6.45) is 9.45. The van der Waals surface area contributed by atoms with E-state index in [-0.39, 0.29) is 0 Å². The first-order chi connectivity index (χ1) is 9.24. The highest BCUT2D eigenvalue weighted by Gasteiger charge is 2.00. The lowest BCUT2D eigenvalue weighted by molar-refractivity contribution is 0.590. The van der Waals surface area contributed by atoms with Crippen LogP contribution in [-0.2, 0) is 0 Å². The third-order valence-electron chi connectivity index (χ3n) is 3.59. The van der Waals surface area contributed by atoms with Gasteiger partial charge in [-0.2, -0.15) is 12.6 Å². The number of hydrogen-bond donors (Lipinski definition) is 1. The molecule has 0 amide bonds. The van der Waals surface area contributed by atoms with Gasteiger partial charge in [0.25, 0.3) is 0 Å². The number of thiol groups is 1. The van der Waals surface area contributed by atoms with Crippen molar-refractivity contribution in [3.63, 3.8) is 0 Å². The lowest BCUT2D eigenvalue weighted by Crippen LogP contribution is -2.18. The van der Waals surface area contributed by atoms with Crippen LogP contribution in [0.4, 0.5) is 5.69 Å². The van der Waals surface area contributed by atoms with Crippen LogP contribution < -0.4 is 4.90 Å². The molecule has 19 heavy (non-hydrogen) atoms. The van der Waals surface area contributed by atoms with Crippen molar-refractivity contribution in [1.29, 1.82) is 0 Å². The van der Waals surface area contributed by atoms with E-state index in [1.807, 2.05) is 0 Å². The molecular weight excluding hydrogens is 250 g/mol. The molecule has 0 heterocycles. The fourth-order valence-electron chi connectivity index (χ4n) is 2.34. The minimum atomic E-state index is 1.04. The summed E-state index contributed by atoms with van der Waals surface area (Å²) in [7, 11) is 2.20. The Bertz CT molecular complexity index is 338. The number of rotatable bonds is 10. The monoisotopic (exact) mass is 279 g/mol.